The van der Waals surface area contributed by atoms with Gasteiger partial charge in [0.05, 0.1) is 25.0 Å². The molecule has 1 saturated heterocycles. The van der Waals surface area contributed by atoms with Crippen molar-refractivity contribution in [1.29, 1.82) is 0 Å². The average Bonchev–Trinajstić information content (AvgIpc) is 3.51. The Kier molecular flexibility index (Phi) is 6.04. The summed E-state index contributed by atoms with van der Waals surface area (Å²) in [6, 6.07) is 18.8. The molecule has 0 radical (unpaired) electrons. The standard InChI is InChI=1S/C31H32FN5O3/c1-39-24-7-4-19(5-8-24)17-37-26-9-6-22(32)13-20(26)15-27(37)30-34-25-14-21(16-28-29(25)36(30)11-12-40-28)31(38)35-10-2-3-23(33)18-35/h4-9,13-16,23,30,34H,2-3,10-12,17-18,33H2,1H3/t23?,30-/m1/s1. The van der Waals surface area contributed by atoms with Crippen LogP contribution in [0.3, 0.4) is 0 Å². The topological polar surface area (TPSA) is 85.0 Å². The van der Waals surface area contributed by atoms with E-state index in [9.17, 15) is 9.18 Å². The lowest BCUT2D eigenvalue weighted by atomic mass is 10.0. The summed E-state index contributed by atoms with van der Waals surface area (Å²) in [5.41, 5.74) is 11.6. The molecule has 0 saturated carbocycles. The van der Waals surface area contributed by atoms with E-state index in [4.69, 9.17) is 15.2 Å². The highest BCUT2D eigenvalue weighted by Crippen LogP contribution is 2.50. The predicted octanol–water partition coefficient (Wildman–Crippen LogP) is 4.72. The largest absolute Gasteiger partial charge is 0.497 e. The smallest absolute Gasteiger partial charge is 0.254 e. The minimum Gasteiger partial charge on any atom is -0.497 e. The fourth-order valence-electron chi connectivity index (χ4n) is 6.29. The van der Waals surface area contributed by atoms with Gasteiger partial charge in [-0.15, -0.1) is 0 Å². The molecule has 7 rings (SSSR count). The van der Waals surface area contributed by atoms with Gasteiger partial charge in [0.2, 0.25) is 0 Å². The fourth-order valence-corrected chi connectivity index (χ4v) is 6.29. The minimum atomic E-state index is -0.266. The third kappa shape index (κ3) is 4.21. The number of likely N-dealkylation sites (tertiary alicyclic amines) is 1. The second-order valence-corrected chi connectivity index (χ2v) is 10.8. The first kappa shape index (κ1) is 24.8. The van der Waals surface area contributed by atoms with Crippen LogP contribution in [0.1, 0.15) is 40.6 Å². The van der Waals surface area contributed by atoms with Crippen LogP contribution in [-0.2, 0) is 6.54 Å². The van der Waals surface area contributed by atoms with Crippen LogP contribution in [0.4, 0.5) is 15.8 Å². The highest BCUT2D eigenvalue weighted by Gasteiger charge is 2.38. The quantitative estimate of drug-likeness (QED) is 0.380. The molecule has 0 spiro atoms. The molecule has 1 aromatic heterocycles. The fraction of sp³-hybridized carbons (Fsp3) is 0.323. The molecular formula is C31H32FN5O3. The molecule has 4 heterocycles. The molecule has 3 aliphatic heterocycles. The molecule has 1 unspecified atom stereocenters. The van der Waals surface area contributed by atoms with Gasteiger partial charge in [0.15, 0.2) is 0 Å². The van der Waals surface area contributed by atoms with E-state index in [0.717, 1.165) is 52.1 Å². The molecule has 0 bridgehead atoms. The van der Waals surface area contributed by atoms with E-state index < -0.39 is 0 Å². The number of nitrogens with one attached hydrogen (secondary N) is 1. The Labute approximate surface area is 232 Å². The summed E-state index contributed by atoms with van der Waals surface area (Å²) in [6.07, 6.45) is 1.64. The number of fused-ring (bicyclic) bond motifs is 1. The van der Waals surface area contributed by atoms with Gasteiger partial charge in [-0.3, -0.25) is 4.79 Å². The van der Waals surface area contributed by atoms with Crippen molar-refractivity contribution < 1.29 is 18.7 Å². The van der Waals surface area contributed by atoms with Gasteiger partial charge in [0, 0.05) is 42.1 Å². The molecule has 4 aromatic rings. The molecule has 0 aliphatic carbocycles. The number of carbonyl (C=O) groups excluding carboxylic acids is 1. The number of nitrogens with zero attached hydrogens (tertiary/aromatic N) is 3. The molecule has 40 heavy (non-hydrogen) atoms. The summed E-state index contributed by atoms with van der Waals surface area (Å²) >= 11 is 0. The zero-order valence-corrected chi connectivity index (χ0v) is 22.4. The van der Waals surface area contributed by atoms with E-state index in [0.29, 0.717) is 44.1 Å². The summed E-state index contributed by atoms with van der Waals surface area (Å²) in [4.78, 5) is 17.6. The van der Waals surface area contributed by atoms with Crippen molar-refractivity contribution in [1.82, 2.24) is 9.47 Å². The highest BCUT2D eigenvalue weighted by molar-refractivity contribution is 5.99. The maximum atomic E-state index is 14.3. The van der Waals surface area contributed by atoms with Crippen molar-refractivity contribution >= 4 is 28.2 Å². The Morgan fingerprint density at radius 2 is 1.98 bits per heavy atom. The normalized spacial score (nSPS) is 19.8. The summed E-state index contributed by atoms with van der Waals surface area (Å²) < 4.78 is 27.9. The second kappa shape index (κ2) is 9.75. The summed E-state index contributed by atoms with van der Waals surface area (Å²) in [6.45, 7) is 3.08. The third-order valence-corrected chi connectivity index (χ3v) is 8.22. The van der Waals surface area contributed by atoms with Crippen LogP contribution in [0.15, 0.2) is 60.7 Å². The van der Waals surface area contributed by atoms with Crippen LogP contribution in [0.2, 0.25) is 0 Å². The number of carbonyl (C=O) groups is 1. The number of amides is 1. The molecule has 1 amide bonds. The maximum absolute atomic E-state index is 14.3. The van der Waals surface area contributed by atoms with E-state index in [1.165, 1.54) is 6.07 Å². The number of anilines is 2. The molecular weight excluding hydrogens is 509 g/mol. The molecule has 9 heteroatoms. The number of hydrogen-bond donors (Lipinski definition) is 2. The van der Waals surface area contributed by atoms with Gasteiger partial charge in [-0.25, -0.2) is 4.39 Å². The first-order chi connectivity index (χ1) is 19.5. The first-order valence-electron chi connectivity index (χ1n) is 13.8. The number of aromatic nitrogens is 1. The zero-order chi connectivity index (χ0) is 27.4. The Hall–Kier alpha value is -4.24. The lowest BCUT2D eigenvalue weighted by Gasteiger charge is -2.33. The van der Waals surface area contributed by atoms with Gasteiger partial charge in [0.25, 0.3) is 5.91 Å². The van der Waals surface area contributed by atoms with Crippen molar-refractivity contribution in [2.24, 2.45) is 5.73 Å². The van der Waals surface area contributed by atoms with E-state index >= 15 is 0 Å². The number of benzene rings is 3. The Morgan fingerprint density at radius 3 is 2.77 bits per heavy atom. The second-order valence-electron chi connectivity index (χ2n) is 10.8. The van der Waals surface area contributed by atoms with Crippen LogP contribution < -0.4 is 25.4 Å². The van der Waals surface area contributed by atoms with Crippen molar-refractivity contribution in [3.05, 3.63) is 83.3 Å². The van der Waals surface area contributed by atoms with Gasteiger partial charge in [-0.1, -0.05) is 12.1 Å². The third-order valence-electron chi connectivity index (χ3n) is 8.22. The van der Waals surface area contributed by atoms with Crippen LogP contribution in [-0.4, -0.2) is 54.8 Å². The lowest BCUT2D eigenvalue weighted by molar-refractivity contribution is 0.0708. The first-order valence-corrected chi connectivity index (χ1v) is 13.8. The molecule has 3 aromatic carbocycles. The monoisotopic (exact) mass is 541 g/mol. The number of ether oxygens (including phenoxy) is 2. The molecule has 206 valence electrons. The lowest BCUT2D eigenvalue weighted by Crippen LogP contribution is -2.45. The maximum Gasteiger partial charge on any atom is 0.254 e. The van der Waals surface area contributed by atoms with Crippen LogP contribution >= 0.6 is 0 Å². The van der Waals surface area contributed by atoms with Gasteiger partial charge in [-0.05, 0) is 66.9 Å². The highest BCUT2D eigenvalue weighted by atomic mass is 19.1. The summed E-state index contributed by atoms with van der Waals surface area (Å²) in [5, 5.41) is 4.52. The number of methoxy groups -OCH3 is 1. The number of hydrogen-bond acceptors (Lipinski definition) is 6. The molecule has 3 aliphatic rings. The minimum absolute atomic E-state index is 0.0113. The van der Waals surface area contributed by atoms with E-state index in [1.54, 1.807) is 13.2 Å². The van der Waals surface area contributed by atoms with Crippen LogP contribution in [0.5, 0.6) is 11.5 Å². The van der Waals surface area contributed by atoms with E-state index in [1.807, 2.05) is 47.4 Å². The zero-order valence-electron chi connectivity index (χ0n) is 22.4. The Bertz CT molecular complexity index is 1600. The van der Waals surface area contributed by atoms with Gasteiger partial charge in [0.1, 0.15) is 35.8 Å². The van der Waals surface area contributed by atoms with Gasteiger partial charge in [-0.2, -0.15) is 0 Å². The molecule has 1 fully saturated rings. The number of nitrogens with two attached hydrogens (primary N) is 1. The average molecular weight is 542 g/mol. The molecule has 3 N–H and O–H groups in total. The van der Waals surface area contributed by atoms with Crippen molar-refractivity contribution in [2.75, 3.05) is 43.6 Å². The predicted molar refractivity (Wildman–Crippen MR) is 153 cm³/mol. The molecule has 2 atom stereocenters. The number of halogens is 1. The number of piperidine rings is 1. The van der Waals surface area contributed by atoms with Crippen molar-refractivity contribution in [3.8, 4) is 11.5 Å². The SMILES string of the molecule is COc1ccc(Cn2c([C@@H]3Nc4cc(C(=O)N5CCCC(N)C5)cc5c4N3CCO5)cc3cc(F)ccc32)cc1. The van der Waals surface area contributed by atoms with Crippen molar-refractivity contribution in [2.45, 2.75) is 31.6 Å². The number of rotatable bonds is 5. The van der Waals surface area contributed by atoms with Crippen LogP contribution in [0.25, 0.3) is 10.9 Å². The summed E-state index contributed by atoms with van der Waals surface area (Å²) in [7, 11) is 1.65. The van der Waals surface area contributed by atoms with E-state index in [2.05, 4.69) is 20.9 Å². The van der Waals surface area contributed by atoms with Gasteiger partial charge < -0.3 is 34.9 Å². The van der Waals surface area contributed by atoms with Crippen LogP contribution in [0, 0.1) is 5.82 Å². The van der Waals surface area contributed by atoms with Gasteiger partial charge >= 0.3 is 0 Å². The summed E-state index contributed by atoms with van der Waals surface area (Å²) in [5.74, 6) is 1.21. The van der Waals surface area contributed by atoms with Crippen molar-refractivity contribution in [3.63, 3.8) is 0 Å². The molecule has 8 nitrogen and oxygen atoms in total. The Balaban J connectivity index is 1.27. The Morgan fingerprint density at radius 1 is 1.12 bits per heavy atom. The van der Waals surface area contributed by atoms with E-state index in [-0.39, 0.29) is 23.9 Å².